The number of aliphatic hydroxyl groups is 1. The van der Waals surface area contributed by atoms with Crippen LogP contribution in [0.3, 0.4) is 0 Å². The molecular formula is C26H35NO4. The Morgan fingerprint density at radius 1 is 1.16 bits per heavy atom. The Morgan fingerprint density at radius 2 is 1.94 bits per heavy atom. The van der Waals surface area contributed by atoms with Gasteiger partial charge in [-0.15, -0.1) is 0 Å². The van der Waals surface area contributed by atoms with E-state index in [1.165, 1.54) is 11.1 Å². The summed E-state index contributed by atoms with van der Waals surface area (Å²) in [4.78, 5) is 0. The highest BCUT2D eigenvalue weighted by atomic mass is 16.6. The van der Waals surface area contributed by atoms with Gasteiger partial charge in [0.05, 0.1) is 18.1 Å². The molecule has 7 atom stereocenters. The van der Waals surface area contributed by atoms with Crippen molar-refractivity contribution in [1.29, 1.82) is 0 Å². The van der Waals surface area contributed by atoms with Crippen molar-refractivity contribution in [3.8, 4) is 11.5 Å². The van der Waals surface area contributed by atoms with E-state index >= 15 is 0 Å². The highest BCUT2D eigenvalue weighted by Gasteiger charge is 2.80. The molecule has 0 radical (unpaired) electrons. The van der Waals surface area contributed by atoms with Crippen molar-refractivity contribution in [3.05, 3.63) is 35.4 Å². The van der Waals surface area contributed by atoms with Crippen LogP contribution in [0.15, 0.2) is 24.3 Å². The first kappa shape index (κ1) is 20.1. The van der Waals surface area contributed by atoms with E-state index in [1.54, 1.807) is 14.2 Å². The van der Waals surface area contributed by atoms with Crippen LogP contribution >= 0.6 is 0 Å². The monoisotopic (exact) mass is 425 g/mol. The Morgan fingerprint density at radius 3 is 2.61 bits per heavy atom. The molecule has 4 bridgehead atoms. The van der Waals surface area contributed by atoms with Gasteiger partial charge in [0.15, 0.2) is 11.5 Å². The average Bonchev–Trinajstić information content (AvgIpc) is 3.09. The summed E-state index contributed by atoms with van der Waals surface area (Å²) in [6.45, 7) is 9.34. The van der Waals surface area contributed by atoms with Crippen molar-refractivity contribution < 1.29 is 19.3 Å². The number of methoxy groups -OCH3 is 2. The molecule has 2 fully saturated rings. The summed E-state index contributed by atoms with van der Waals surface area (Å²) in [5.41, 5.74) is 0.514. The third-order valence-corrected chi connectivity index (χ3v) is 10.0. The largest absolute Gasteiger partial charge is 0.493 e. The average molecular weight is 426 g/mol. The third kappa shape index (κ3) is 1.93. The number of hydrogen-bond acceptors (Lipinski definition) is 5. The van der Waals surface area contributed by atoms with Crippen molar-refractivity contribution in [2.75, 3.05) is 20.8 Å². The van der Waals surface area contributed by atoms with Crippen LogP contribution in [0, 0.1) is 16.7 Å². The van der Waals surface area contributed by atoms with Gasteiger partial charge in [0.25, 0.3) is 0 Å². The zero-order valence-corrected chi connectivity index (χ0v) is 19.5. The van der Waals surface area contributed by atoms with Gasteiger partial charge < -0.3 is 24.6 Å². The minimum Gasteiger partial charge on any atom is -0.493 e. The number of piperidine rings is 1. The molecule has 1 saturated carbocycles. The molecule has 168 valence electrons. The maximum absolute atomic E-state index is 12.0. The first-order valence-corrected chi connectivity index (χ1v) is 11.7. The van der Waals surface area contributed by atoms with Gasteiger partial charge in [-0.2, -0.15) is 0 Å². The molecule has 1 aromatic rings. The van der Waals surface area contributed by atoms with E-state index in [9.17, 15) is 5.11 Å². The predicted octanol–water partition coefficient (Wildman–Crippen LogP) is 3.37. The molecule has 0 amide bonds. The van der Waals surface area contributed by atoms with E-state index in [1.807, 2.05) is 13.0 Å². The van der Waals surface area contributed by atoms with Crippen molar-refractivity contribution in [3.63, 3.8) is 0 Å². The third-order valence-electron chi connectivity index (χ3n) is 10.0. The summed E-state index contributed by atoms with van der Waals surface area (Å²) in [7, 11) is 3.51. The van der Waals surface area contributed by atoms with E-state index < -0.39 is 11.2 Å². The lowest BCUT2D eigenvalue weighted by Gasteiger charge is -2.71. The second-order valence-corrected chi connectivity index (χ2v) is 11.6. The van der Waals surface area contributed by atoms with Crippen LogP contribution in [0.2, 0.25) is 0 Å². The molecule has 5 nitrogen and oxygen atoms in total. The lowest BCUT2D eigenvalue weighted by Crippen LogP contribution is -2.81. The van der Waals surface area contributed by atoms with Crippen LogP contribution in [0.4, 0.5) is 0 Å². The number of rotatable bonds is 3. The van der Waals surface area contributed by atoms with Crippen molar-refractivity contribution >= 4 is 0 Å². The van der Waals surface area contributed by atoms with E-state index in [0.717, 1.165) is 37.3 Å². The summed E-state index contributed by atoms with van der Waals surface area (Å²) in [5.74, 6) is 1.62. The molecule has 7 rings (SSSR count). The molecule has 2 N–H and O–H groups in total. The van der Waals surface area contributed by atoms with Gasteiger partial charge in [-0.3, -0.25) is 0 Å². The lowest BCUT2D eigenvalue weighted by molar-refractivity contribution is -0.254. The van der Waals surface area contributed by atoms with Gasteiger partial charge >= 0.3 is 0 Å². The number of fused-ring (bicyclic) bond motifs is 1. The van der Waals surface area contributed by atoms with E-state index in [0.29, 0.717) is 6.04 Å². The van der Waals surface area contributed by atoms with Crippen LogP contribution in [-0.4, -0.2) is 49.2 Å². The summed E-state index contributed by atoms with van der Waals surface area (Å²) in [5, 5.41) is 15.9. The first-order valence-electron chi connectivity index (χ1n) is 11.7. The Bertz CT molecular complexity index is 994. The summed E-state index contributed by atoms with van der Waals surface area (Å²) in [6, 6.07) is 4.60. The van der Waals surface area contributed by atoms with E-state index in [-0.39, 0.29) is 28.3 Å². The fraction of sp³-hybridized carbons (Fsp3) is 0.692. The van der Waals surface area contributed by atoms with Gasteiger partial charge in [0.1, 0.15) is 11.7 Å². The zero-order chi connectivity index (χ0) is 22.0. The minimum absolute atomic E-state index is 0.0858. The van der Waals surface area contributed by atoms with Gasteiger partial charge in [0, 0.05) is 30.0 Å². The molecule has 1 saturated heterocycles. The SMILES string of the molecule is COc1ccc2c3c1O[C@H]1[C@@]4(OC)C=C[C@@]5(C[C@@H]4[C@](C)(O)C(C)(C)C)[C@@H](C2)NCC[C@]315. The van der Waals surface area contributed by atoms with Crippen molar-refractivity contribution in [2.24, 2.45) is 16.7 Å². The molecule has 2 spiro atoms. The second kappa shape index (κ2) is 5.67. The zero-order valence-electron chi connectivity index (χ0n) is 19.5. The molecular weight excluding hydrogens is 390 g/mol. The smallest absolute Gasteiger partial charge is 0.166 e. The van der Waals surface area contributed by atoms with E-state index in [2.05, 4.69) is 44.3 Å². The normalized spacial score (nSPS) is 43.3. The molecule has 5 heteroatoms. The molecule has 4 aliphatic carbocycles. The Hall–Kier alpha value is -1.56. The van der Waals surface area contributed by atoms with Crippen LogP contribution in [0.5, 0.6) is 11.5 Å². The van der Waals surface area contributed by atoms with Gasteiger partial charge in [-0.1, -0.05) is 39.0 Å². The number of ether oxygens (including phenoxy) is 3. The highest BCUT2D eigenvalue weighted by Crippen LogP contribution is 2.75. The quantitative estimate of drug-likeness (QED) is 0.727. The molecule has 0 aromatic heterocycles. The molecule has 31 heavy (non-hydrogen) atoms. The van der Waals surface area contributed by atoms with Crippen LogP contribution in [0.1, 0.15) is 51.7 Å². The molecule has 1 aromatic carbocycles. The van der Waals surface area contributed by atoms with Crippen LogP contribution in [0.25, 0.3) is 0 Å². The van der Waals surface area contributed by atoms with Crippen LogP contribution < -0.4 is 14.8 Å². The second-order valence-electron chi connectivity index (χ2n) is 11.6. The standard InChI is InChI=1S/C26H35NO4/c1-22(2,3)23(4,28)17-14-24-9-10-26(17,30-6)21-25(24)11-12-27-18(24)13-15-7-8-16(29-5)20(31-21)19(15)25/h7-10,17-18,21,27-28H,11-14H2,1-6H3/t17-,18-,21-,23+,24-,25+,26-/m1/s1. The first-order chi connectivity index (χ1) is 14.6. The number of hydrogen-bond donors (Lipinski definition) is 2. The lowest BCUT2D eigenvalue weighted by atomic mass is 9.35. The molecule has 2 aliphatic heterocycles. The van der Waals surface area contributed by atoms with Crippen LogP contribution in [-0.2, 0) is 16.6 Å². The van der Waals surface area contributed by atoms with Crippen molar-refractivity contribution in [2.45, 2.75) is 75.7 Å². The summed E-state index contributed by atoms with van der Waals surface area (Å²) < 4.78 is 19.1. The molecule has 0 unspecified atom stereocenters. The van der Waals surface area contributed by atoms with Crippen molar-refractivity contribution in [1.82, 2.24) is 5.32 Å². The number of nitrogens with one attached hydrogen (secondary N) is 1. The number of benzene rings is 1. The molecule has 6 aliphatic rings. The highest BCUT2D eigenvalue weighted by molar-refractivity contribution is 5.65. The Kier molecular flexibility index (Phi) is 3.67. The summed E-state index contributed by atoms with van der Waals surface area (Å²) in [6.07, 6.45) is 7.35. The Labute approximate surface area is 185 Å². The fourth-order valence-corrected chi connectivity index (χ4v) is 8.04. The predicted molar refractivity (Wildman–Crippen MR) is 119 cm³/mol. The maximum Gasteiger partial charge on any atom is 0.166 e. The van der Waals surface area contributed by atoms with E-state index in [4.69, 9.17) is 14.2 Å². The van der Waals surface area contributed by atoms with Gasteiger partial charge in [-0.25, -0.2) is 0 Å². The maximum atomic E-state index is 12.0. The summed E-state index contributed by atoms with van der Waals surface area (Å²) >= 11 is 0. The minimum atomic E-state index is -0.931. The molecule has 2 heterocycles. The van der Waals surface area contributed by atoms with Gasteiger partial charge in [-0.05, 0) is 49.8 Å². The Balaban J connectivity index is 1.66. The fourth-order valence-electron chi connectivity index (χ4n) is 8.04. The topological polar surface area (TPSA) is 60.0 Å². The van der Waals surface area contributed by atoms with Gasteiger partial charge in [0.2, 0.25) is 0 Å².